The van der Waals surface area contributed by atoms with Crippen LogP contribution in [0.1, 0.15) is 23.5 Å². The predicted molar refractivity (Wildman–Crippen MR) is 118 cm³/mol. The first-order valence-electron chi connectivity index (χ1n) is 10.1. The van der Waals surface area contributed by atoms with Gasteiger partial charge >= 0.3 is 0 Å². The molecule has 30 heavy (non-hydrogen) atoms. The lowest BCUT2D eigenvalue weighted by Gasteiger charge is -2.18. The summed E-state index contributed by atoms with van der Waals surface area (Å²) >= 11 is 0. The van der Waals surface area contributed by atoms with Gasteiger partial charge in [0, 0.05) is 43.0 Å². The number of amides is 1. The quantitative estimate of drug-likeness (QED) is 0.483. The van der Waals surface area contributed by atoms with Gasteiger partial charge in [0.2, 0.25) is 5.91 Å². The molecule has 4 aromatic rings. The zero-order valence-electron chi connectivity index (χ0n) is 16.7. The smallest absolute Gasteiger partial charge is 0.221 e. The van der Waals surface area contributed by atoms with E-state index in [0.29, 0.717) is 19.5 Å². The maximum absolute atomic E-state index is 12.7. The Morgan fingerprint density at radius 3 is 2.13 bits per heavy atom. The zero-order valence-corrected chi connectivity index (χ0v) is 16.7. The fourth-order valence-electron chi connectivity index (χ4n) is 3.53. The van der Waals surface area contributed by atoms with Crippen LogP contribution in [0.3, 0.4) is 0 Å². The molecule has 0 saturated carbocycles. The van der Waals surface area contributed by atoms with Crippen molar-refractivity contribution < 1.29 is 4.79 Å². The molecule has 4 rings (SSSR count). The molecular weight excluding hydrogens is 372 g/mol. The Morgan fingerprint density at radius 1 is 0.867 bits per heavy atom. The van der Waals surface area contributed by atoms with Gasteiger partial charge in [-0.3, -0.25) is 14.5 Å². The Kier molecular flexibility index (Phi) is 6.30. The second-order valence-corrected chi connectivity index (χ2v) is 7.13. The van der Waals surface area contributed by atoms with Crippen LogP contribution in [0.5, 0.6) is 0 Å². The first kappa shape index (κ1) is 19.6. The average Bonchev–Trinajstić information content (AvgIpc) is 3.28. The third-order valence-electron chi connectivity index (χ3n) is 5.07. The highest BCUT2D eigenvalue weighted by atomic mass is 16.1. The van der Waals surface area contributed by atoms with Crippen LogP contribution in [-0.4, -0.2) is 27.2 Å². The maximum Gasteiger partial charge on any atom is 0.221 e. The van der Waals surface area contributed by atoms with Crippen molar-refractivity contribution in [2.24, 2.45) is 0 Å². The third kappa shape index (κ3) is 5.00. The van der Waals surface area contributed by atoms with Crippen molar-refractivity contribution in [2.45, 2.75) is 18.9 Å². The van der Waals surface area contributed by atoms with Crippen molar-refractivity contribution in [1.29, 1.82) is 0 Å². The fraction of sp³-hybridized carbons (Fsp3) is 0.160. The van der Waals surface area contributed by atoms with Crippen LogP contribution in [0.4, 0.5) is 0 Å². The summed E-state index contributed by atoms with van der Waals surface area (Å²) in [5.74, 6) is 0.0737. The molecule has 0 aliphatic rings. The number of carbonyl (C=O) groups is 1. The van der Waals surface area contributed by atoms with Gasteiger partial charge in [0.1, 0.15) is 0 Å². The minimum atomic E-state index is 0.0363. The number of hydrogen-bond donors (Lipinski definition) is 1. The van der Waals surface area contributed by atoms with Gasteiger partial charge in [-0.15, -0.1) is 0 Å². The first-order valence-corrected chi connectivity index (χ1v) is 10.1. The highest BCUT2D eigenvalue weighted by molar-refractivity contribution is 5.77. The second kappa shape index (κ2) is 9.65. The molecule has 2 heterocycles. The topological polar surface area (TPSA) is 59.8 Å². The number of hydrogen-bond acceptors (Lipinski definition) is 3. The normalized spacial score (nSPS) is 10.8. The van der Waals surface area contributed by atoms with E-state index in [1.54, 1.807) is 12.4 Å². The number of aromatic nitrogens is 3. The summed E-state index contributed by atoms with van der Waals surface area (Å²) in [4.78, 5) is 16.7. The molecule has 0 unspecified atom stereocenters. The molecule has 5 nitrogen and oxygen atoms in total. The molecule has 0 aliphatic carbocycles. The lowest BCUT2D eigenvalue weighted by Crippen LogP contribution is -2.28. The van der Waals surface area contributed by atoms with Crippen molar-refractivity contribution in [1.82, 2.24) is 20.1 Å². The first-order chi connectivity index (χ1) is 14.8. The summed E-state index contributed by atoms with van der Waals surface area (Å²) in [5.41, 5.74) is 4.22. The fourth-order valence-corrected chi connectivity index (χ4v) is 3.53. The van der Waals surface area contributed by atoms with Gasteiger partial charge in [0.15, 0.2) is 0 Å². The molecule has 2 aromatic carbocycles. The largest absolute Gasteiger partial charge is 0.354 e. The van der Waals surface area contributed by atoms with Gasteiger partial charge in [-0.2, -0.15) is 5.10 Å². The summed E-state index contributed by atoms with van der Waals surface area (Å²) in [7, 11) is 0. The summed E-state index contributed by atoms with van der Waals surface area (Å²) in [6, 6.07) is 26.2. The van der Waals surface area contributed by atoms with Crippen molar-refractivity contribution >= 4 is 5.91 Å². The molecule has 0 saturated heterocycles. The van der Waals surface area contributed by atoms with Gasteiger partial charge < -0.3 is 5.32 Å². The number of nitrogens with one attached hydrogen (secondary N) is 1. The lowest BCUT2D eigenvalue weighted by atomic mass is 9.88. The Balaban J connectivity index is 1.35. The van der Waals surface area contributed by atoms with E-state index in [1.165, 1.54) is 0 Å². The minimum absolute atomic E-state index is 0.0363. The molecule has 1 amide bonds. The van der Waals surface area contributed by atoms with Gasteiger partial charge in [-0.1, -0.05) is 60.7 Å². The lowest BCUT2D eigenvalue weighted by molar-refractivity contribution is -0.121. The van der Waals surface area contributed by atoms with E-state index in [4.69, 9.17) is 0 Å². The standard InChI is InChI=1S/C25H24N4O/c30-25(19-23(20-7-3-1-4-8-20)21-9-5-2-6-10-21)27-16-18-29-17-13-24(28-29)22-11-14-26-15-12-22/h1-15,17,23H,16,18-19H2,(H,27,30). The summed E-state index contributed by atoms with van der Waals surface area (Å²) in [6.07, 6.45) is 5.85. The molecule has 0 spiro atoms. The molecule has 0 bridgehead atoms. The predicted octanol–water partition coefficient (Wildman–Crippen LogP) is 4.28. The molecular formula is C25H24N4O. The molecule has 0 radical (unpaired) electrons. The molecule has 0 atom stereocenters. The Bertz CT molecular complexity index is 1020. The van der Waals surface area contributed by atoms with Crippen LogP contribution in [0.15, 0.2) is 97.5 Å². The molecule has 2 aromatic heterocycles. The highest BCUT2D eigenvalue weighted by Gasteiger charge is 2.17. The summed E-state index contributed by atoms with van der Waals surface area (Å²) in [5, 5.41) is 7.61. The van der Waals surface area contributed by atoms with Crippen molar-refractivity contribution in [3.05, 3.63) is 109 Å². The van der Waals surface area contributed by atoms with Crippen LogP contribution in [0, 0.1) is 0 Å². The molecule has 0 fully saturated rings. The number of pyridine rings is 1. The highest BCUT2D eigenvalue weighted by Crippen LogP contribution is 2.27. The number of carbonyl (C=O) groups excluding carboxylic acids is 1. The average molecular weight is 396 g/mol. The minimum Gasteiger partial charge on any atom is -0.354 e. The molecule has 5 heteroatoms. The van der Waals surface area contributed by atoms with Crippen molar-refractivity contribution in [2.75, 3.05) is 6.54 Å². The van der Waals surface area contributed by atoms with Gasteiger partial charge in [0.05, 0.1) is 12.2 Å². The van der Waals surface area contributed by atoms with Crippen LogP contribution >= 0.6 is 0 Å². The van der Waals surface area contributed by atoms with E-state index in [0.717, 1.165) is 22.4 Å². The number of rotatable bonds is 8. The molecule has 1 N–H and O–H groups in total. The van der Waals surface area contributed by atoms with Crippen LogP contribution in [0.2, 0.25) is 0 Å². The number of nitrogens with zero attached hydrogens (tertiary/aromatic N) is 3. The Morgan fingerprint density at radius 2 is 1.50 bits per heavy atom. The van der Waals surface area contributed by atoms with Crippen LogP contribution in [0.25, 0.3) is 11.3 Å². The monoisotopic (exact) mass is 396 g/mol. The van der Waals surface area contributed by atoms with Gasteiger partial charge in [-0.05, 0) is 29.3 Å². The van der Waals surface area contributed by atoms with E-state index in [-0.39, 0.29) is 11.8 Å². The van der Waals surface area contributed by atoms with E-state index in [2.05, 4.69) is 39.7 Å². The SMILES string of the molecule is O=C(CC(c1ccccc1)c1ccccc1)NCCn1ccc(-c2ccncc2)n1. The van der Waals surface area contributed by atoms with Crippen molar-refractivity contribution in [3.63, 3.8) is 0 Å². The van der Waals surface area contributed by atoms with Gasteiger partial charge in [0.25, 0.3) is 0 Å². The third-order valence-corrected chi connectivity index (χ3v) is 5.07. The van der Waals surface area contributed by atoms with E-state index in [1.807, 2.05) is 65.5 Å². The number of benzene rings is 2. The Hall–Kier alpha value is -3.73. The van der Waals surface area contributed by atoms with Crippen LogP contribution < -0.4 is 5.32 Å². The maximum atomic E-state index is 12.7. The summed E-state index contributed by atoms with van der Waals surface area (Å²) in [6.45, 7) is 1.16. The second-order valence-electron chi connectivity index (χ2n) is 7.13. The molecule has 0 aliphatic heterocycles. The molecule has 150 valence electrons. The van der Waals surface area contributed by atoms with Crippen molar-refractivity contribution in [3.8, 4) is 11.3 Å². The van der Waals surface area contributed by atoms with E-state index in [9.17, 15) is 4.79 Å². The Labute approximate surface area is 176 Å². The zero-order chi connectivity index (χ0) is 20.6. The van der Waals surface area contributed by atoms with Gasteiger partial charge in [-0.25, -0.2) is 0 Å². The van der Waals surface area contributed by atoms with E-state index >= 15 is 0 Å². The van der Waals surface area contributed by atoms with E-state index < -0.39 is 0 Å². The summed E-state index contributed by atoms with van der Waals surface area (Å²) < 4.78 is 1.85. The van der Waals surface area contributed by atoms with Crippen LogP contribution in [-0.2, 0) is 11.3 Å².